The normalized spacial score (nSPS) is 28.4. The lowest BCUT2D eigenvalue weighted by Crippen LogP contribution is -2.47. The Labute approximate surface area is 160 Å². The first kappa shape index (κ1) is 19.5. The number of hydrogen-bond acceptors (Lipinski definition) is 4. The SMILES string of the molecule is Cc1cc(C2(C)NC(=O)N(CC(=O)N(C)C3CCC(C)CC3)C2=O)c(C)o1. The van der Waals surface area contributed by atoms with E-state index in [0.717, 1.165) is 30.6 Å². The van der Waals surface area contributed by atoms with Crippen molar-refractivity contribution in [2.45, 2.75) is 65.0 Å². The maximum absolute atomic E-state index is 13.0. The third kappa shape index (κ3) is 3.47. The molecule has 27 heavy (non-hydrogen) atoms. The number of likely N-dealkylation sites (N-methyl/N-ethyl adjacent to an activating group) is 1. The standard InChI is InChI=1S/C20H29N3O4/c1-12-6-8-15(9-7-12)22(5)17(24)11-23-18(25)20(4,21-19(23)26)16-10-13(2)27-14(16)3/h10,12,15H,6-9,11H2,1-5H3,(H,21,26). The molecule has 0 bridgehead atoms. The molecule has 1 aliphatic carbocycles. The number of rotatable bonds is 4. The third-order valence-electron chi connectivity index (χ3n) is 6.07. The summed E-state index contributed by atoms with van der Waals surface area (Å²) in [5.41, 5.74) is -0.583. The zero-order chi connectivity index (χ0) is 19.9. The maximum Gasteiger partial charge on any atom is 0.325 e. The zero-order valence-corrected chi connectivity index (χ0v) is 16.8. The lowest BCUT2D eigenvalue weighted by molar-refractivity contribution is -0.139. The highest BCUT2D eigenvalue weighted by Crippen LogP contribution is 2.33. The monoisotopic (exact) mass is 375 g/mol. The van der Waals surface area contributed by atoms with Crippen LogP contribution in [-0.2, 0) is 15.1 Å². The fourth-order valence-electron chi connectivity index (χ4n) is 4.23. The van der Waals surface area contributed by atoms with Gasteiger partial charge in [-0.15, -0.1) is 0 Å². The molecule has 2 aliphatic rings. The van der Waals surface area contributed by atoms with Crippen LogP contribution in [0.25, 0.3) is 0 Å². The Morgan fingerprint density at radius 2 is 1.93 bits per heavy atom. The number of carbonyl (C=O) groups is 3. The quantitative estimate of drug-likeness (QED) is 0.820. The van der Waals surface area contributed by atoms with Gasteiger partial charge in [0.2, 0.25) is 5.91 Å². The Morgan fingerprint density at radius 3 is 2.48 bits per heavy atom. The van der Waals surface area contributed by atoms with Gasteiger partial charge in [-0.25, -0.2) is 4.79 Å². The van der Waals surface area contributed by atoms with Crippen molar-refractivity contribution >= 4 is 17.8 Å². The van der Waals surface area contributed by atoms with Crippen LogP contribution in [-0.4, -0.2) is 47.3 Å². The fourth-order valence-corrected chi connectivity index (χ4v) is 4.23. The van der Waals surface area contributed by atoms with Crippen LogP contribution >= 0.6 is 0 Å². The molecule has 2 fully saturated rings. The van der Waals surface area contributed by atoms with Crippen LogP contribution in [0.2, 0.25) is 0 Å². The van der Waals surface area contributed by atoms with E-state index in [1.54, 1.807) is 38.8 Å². The minimum absolute atomic E-state index is 0.180. The smallest absolute Gasteiger partial charge is 0.325 e. The van der Waals surface area contributed by atoms with Crippen molar-refractivity contribution in [3.63, 3.8) is 0 Å². The predicted molar refractivity (Wildman–Crippen MR) is 100.0 cm³/mol. The van der Waals surface area contributed by atoms with Crippen molar-refractivity contribution in [3.05, 3.63) is 23.2 Å². The number of aryl methyl sites for hydroxylation is 2. The molecule has 7 heteroatoms. The van der Waals surface area contributed by atoms with E-state index in [4.69, 9.17) is 4.42 Å². The summed E-state index contributed by atoms with van der Waals surface area (Å²) in [5, 5.41) is 2.74. The first-order valence-electron chi connectivity index (χ1n) is 9.60. The first-order chi connectivity index (χ1) is 12.6. The van der Waals surface area contributed by atoms with Crippen LogP contribution in [0.15, 0.2) is 10.5 Å². The van der Waals surface area contributed by atoms with E-state index >= 15 is 0 Å². The van der Waals surface area contributed by atoms with Gasteiger partial charge in [-0.2, -0.15) is 0 Å². The number of amides is 4. The van der Waals surface area contributed by atoms with E-state index in [0.29, 0.717) is 23.0 Å². The summed E-state index contributed by atoms with van der Waals surface area (Å²) < 4.78 is 5.52. The summed E-state index contributed by atoms with van der Waals surface area (Å²) in [7, 11) is 1.77. The van der Waals surface area contributed by atoms with Gasteiger partial charge in [-0.05, 0) is 58.4 Å². The molecule has 1 N–H and O–H groups in total. The van der Waals surface area contributed by atoms with E-state index in [1.165, 1.54) is 0 Å². The number of nitrogens with zero attached hydrogens (tertiary/aromatic N) is 2. The molecular weight excluding hydrogens is 346 g/mol. The molecule has 0 radical (unpaired) electrons. The highest BCUT2D eigenvalue weighted by atomic mass is 16.3. The van der Waals surface area contributed by atoms with Crippen molar-refractivity contribution in [3.8, 4) is 0 Å². The van der Waals surface area contributed by atoms with Gasteiger partial charge in [-0.1, -0.05) is 6.92 Å². The highest BCUT2D eigenvalue weighted by Gasteiger charge is 2.51. The number of urea groups is 1. The molecule has 148 valence electrons. The van der Waals surface area contributed by atoms with E-state index in [9.17, 15) is 14.4 Å². The number of carbonyl (C=O) groups excluding carboxylic acids is 3. The molecule has 0 aromatic carbocycles. The van der Waals surface area contributed by atoms with Gasteiger partial charge in [0.25, 0.3) is 5.91 Å². The Hall–Kier alpha value is -2.31. The van der Waals surface area contributed by atoms with Crippen LogP contribution in [0.1, 0.15) is 56.6 Å². The number of nitrogens with one attached hydrogen (secondary N) is 1. The van der Waals surface area contributed by atoms with Crippen molar-refractivity contribution in [2.24, 2.45) is 5.92 Å². The molecule has 3 rings (SSSR count). The summed E-state index contributed by atoms with van der Waals surface area (Å²) in [6.45, 7) is 7.20. The molecular formula is C20H29N3O4. The number of hydrogen-bond donors (Lipinski definition) is 1. The average molecular weight is 375 g/mol. The van der Waals surface area contributed by atoms with Crippen LogP contribution < -0.4 is 5.32 Å². The second kappa shape index (κ2) is 7.02. The zero-order valence-electron chi connectivity index (χ0n) is 16.8. The summed E-state index contributed by atoms with van der Waals surface area (Å²) >= 11 is 0. The van der Waals surface area contributed by atoms with E-state index in [-0.39, 0.29) is 18.5 Å². The van der Waals surface area contributed by atoms with Crippen molar-refractivity contribution < 1.29 is 18.8 Å². The Morgan fingerprint density at radius 1 is 1.30 bits per heavy atom. The number of imide groups is 1. The molecule has 1 saturated carbocycles. The summed E-state index contributed by atoms with van der Waals surface area (Å²) in [6, 6.07) is 1.40. The molecule has 1 aromatic heterocycles. The van der Waals surface area contributed by atoms with E-state index in [1.807, 2.05) is 0 Å². The van der Waals surface area contributed by atoms with Gasteiger partial charge < -0.3 is 14.6 Å². The van der Waals surface area contributed by atoms with Gasteiger partial charge in [0, 0.05) is 18.7 Å². The Kier molecular flexibility index (Phi) is 5.06. The maximum atomic E-state index is 13.0. The minimum atomic E-state index is -1.21. The lowest BCUT2D eigenvalue weighted by Gasteiger charge is -2.34. The minimum Gasteiger partial charge on any atom is -0.466 e. The lowest BCUT2D eigenvalue weighted by atomic mass is 9.87. The van der Waals surface area contributed by atoms with Crippen molar-refractivity contribution in [1.29, 1.82) is 0 Å². The second-order valence-electron chi connectivity index (χ2n) is 8.19. The molecule has 1 unspecified atom stereocenters. The molecule has 4 amide bonds. The Balaban J connectivity index is 1.72. The Bertz CT molecular complexity index is 763. The van der Waals surface area contributed by atoms with Gasteiger partial charge >= 0.3 is 6.03 Å². The van der Waals surface area contributed by atoms with E-state index < -0.39 is 17.5 Å². The van der Waals surface area contributed by atoms with Gasteiger partial charge in [-0.3, -0.25) is 14.5 Å². The summed E-state index contributed by atoms with van der Waals surface area (Å²) in [6.07, 6.45) is 4.13. The largest absolute Gasteiger partial charge is 0.466 e. The van der Waals surface area contributed by atoms with Crippen molar-refractivity contribution in [2.75, 3.05) is 13.6 Å². The molecule has 0 spiro atoms. The van der Waals surface area contributed by atoms with Crippen LogP contribution in [0.5, 0.6) is 0 Å². The topological polar surface area (TPSA) is 82.9 Å². The fraction of sp³-hybridized carbons (Fsp3) is 0.650. The van der Waals surface area contributed by atoms with Gasteiger partial charge in [0.15, 0.2) is 0 Å². The average Bonchev–Trinajstić information content (AvgIpc) is 3.06. The van der Waals surface area contributed by atoms with Crippen LogP contribution in [0, 0.1) is 19.8 Å². The predicted octanol–water partition coefficient (Wildman–Crippen LogP) is 2.70. The molecule has 1 atom stereocenters. The van der Waals surface area contributed by atoms with E-state index in [2.05, 4.69) is 12.2 Å². The third-order valence-corrected chi connectivity index (χ3v) is 6.07. The molecule has 7 nitrogen and oxygen atoms in total. The second-order valence-corrected chi connectivity index (χ2v) is 8.19. The van der Waals surface area contributed by atoms with Crippen molar-refractivity contribution in [1.82, 2.24) is 15.1 Å². The van der Waals surface area contributed by atoms with Crippen LogP contribution in [0.3, 0.4) is 0 Å². The van der Waals surface area contributed by atoms with Gasteiger partial charge in [0.1, 0.15) is 23.6 Å². The van der Waals surface area contributed by atoms with Gasteiger partial charge in [0.05, 0.1) is 0 Å². The molecule has 2 heterocycles. The summed E-state index contributed by atoms with van der Waals surface area (Å²) in [4.78, 5) is 40.9. The number of furan rings is 1. The first-order valence-corrected chi connectivity index (χ1v) is 9.60. The van der Waals surface area contributed by atoms with Crippen LogP contribution in [0.4, 0.5) is 4.79 Å². The molecule has 1 saturated heterocycles. The highest BCUT2D eigenvalue weighted by molar-refractivity contribution is 6.09. The molecule has 1 aliphatic heterocycles. The summed E-state index contributed by atoms with van der Waals surface area (Å²) in [5.74, 6) is 1.33. The molecule has 1 aromatic rings.